The van der Waals surface area contributed by atoms with Crippen LogP contribution in [-0.2, 0) is 16.0 Å². The maximum Gasteiger partial charge on any atom is 0.309 e. The monoisotopic (exact) mass is 288 g/mol. The Hall–Kier alpha value is -1.51. The van der Waals surface area contributed by atoms with Crippen LogP contribution in [0, 0.1) is 25.7 Å². The molecule has 0 bridgehead atoms. The highest BCUT2D eigenvalue weighted by molar-refractivity contribution is 5.76. The summed E-state index contributed by atoms with van der Waals surface area (Å²) in [5.74, 6) is 1.24. The first-order valence-corrected chi connectivity index (χ1v) is 8.00. The molecular formula is C18H24O3. The molecule has 0 N–H and O–H groups in total. The van der Waals surface area contributed by atoms with Gasteiger partial charge in [0, 0.05) is 11.5 Å². The maximum atomic E-state index is 11.9. The van der Waals surface area contributed by atoms with Gasteiger partial charge in [-0.1, -0.05) is 13.8 Å². The highest BCUT2D eigenvalue weighted by Crippen LogP contribution is 2.49. The molecular weight excluding hydrogens is 264 g/mol. The number of rotatable bonds is 3. The fraction of sp³-hybridized carbons (Fsp3) is 0.611. The number of aryl methyl sites for hydroxylation is 1. The lowest BCUT2D eigenvalue weighted by Gasteiger charge is -2.31. The molecule has 1 unspecified atom stereocenters. The van der Waals surface area contributed by atoms with Crippen LogP contribution in [0.1, 0.15) is 55.0 Å². The summed E-state index contributed by atoms with van der Waals surface area (Å²) >= 11 is 0. The van der Waals surface area contributed by atoms with Crippen molar-refractivity contribution in [2.75, 3.05) is 6.61 Å². The molecule has 114 valence electrons. The lowest BCUT2D eigenvalue weighted by Crippen LogP contribution is -2.22. The first-order valence-electron chi connectivity index (χ1n) is 8.00. The molecule has 1 fully saturated rings. The quantitative estimate of drug-likeness (QED) is 0.792. The fourth-order valence-electron chi connectivity index (χ4n) is 3.78. The Labute approximate surface area is 126 Å². The molecule has 1 saturated heterocycles. The van der Waals surface area contributed by atoms with Crippen LogP contribution in [-0.4, -0.2) is 12.6 Å². The van der Waals surface area contributed by atoms with Gasteiger partial charge in [-0.25, -0.2) is 0 Å². The van der Waals surface area contributed by atoms with E-state index in [1.807, 2.05) is 6.92 Å². The summed E-state index contributed by atoms with van der Waals surface area (Å²) in [6.45, 7) is 9.07. The van der Waals surface area contributed by atoms with Gasteiger partial charge in [0.25, 0.3) is 0 Å². The molecule has 21 heavy (non-hydrogen) atoms. The van der Waals surface area contributed by atoms with Gasteiger partial charge in [0.2, 0.25) is 0 Å². The lowest BCUT2D eigenvalue weighted by atomic mass is 9.74. The Morgan fingerprint density at radius 2 is 2.14 bits per heavy atom. The molecule has 1 aliphatic heterocycles. The van der Waals surface area contributed by atoms with Crippen molar-refractivity contribution in [3.63, 3.8) is 0 Å². The standard InChI is InChI=1S/C18H24O3/c1-5-8-20-15-9-10(2)13-6-7-14-11(3)18(19)21-17(14)16(13)12(15)4/h9,11,14,17H,5-8H2,1-4H3/t11?,14-,17+/m0/s1. The lowest BCUT2D eigenvalue weighted by molar-refractivity contribution is -0.144. The predicted octanol–water partition coefficient (Wildman–Crippen LogP) is 3.89. The van der Waals surface area contributed by atoms with Crippen LogP contribution in [0.5, 0.6) is 5.75 Å². The van der Waals surface area contributed by atoms with Crippen molar-refractivity contribution in [2.45, 2.75) is 53.1 Å². The predicted molar refractivity (Wildman–Crippen MR) is 81.5 cm³/mol. The van der Waals surface area contributed by atoms with Gasteiger partial charge in [-0.05, 0) is 55.9 Å². The third-order valence-corrected chi connectivity index (χ3v) is 5.04. The second-order valence-corrected chi connectivity index (χ2v) is 6.41. The van der Waals surface area contributed by atoms with E-state index in [9.17, 15) is 4.79 Å². The van der Waals surface area contributed by atoms with Crippen molar-refractivity contribution in [3.8, 4) is 5.75 Å². The van der Waals surface area contributed by atoms with Crippen molar-refractivity contribution in [1.29, 1.82) is 0 Å². The van der Waals surface area contributed by atoms with Crippen LogP contribution in [0.4, 0.5) is 0 Å². The molecule has 2 aliphatic rings. The van der Waals surface area contributed by atoms with Gasteiger partial charge < -0.3 is 9.47 Å². The van der Waals surface area contributed by atoms with Gasteiger partial charge in [-0.3, -0.25) is 4.79 Å². The second kappa shape index (κ2) is 5.36. The highest BCUT2D eigenvalue weighted by atomic mass is 16.6. The van der Waals surface area contributed by atoms with Crippen molar-refractivity contribution in [2.24, 2.45) is 11.8 Å². The minimum absolute atomic E-state index is 0.0167. The van der Waals surface area contributed by atoms with E-state index in [4.69, 9.17) is 9.47 Å². The average molecular weight is 288 g/mol. The molecule has 3 nitrogen and oxygen atoms in total. The van der Waals surface area contributed by atoms with E-state index in [0.29, 0.717) is 5.92 Å². The molecule has 3 heteroatoms. The van der Waals surface area contributed by atoms with Gasteiger partial charge in [0.1, 0.15) is 11.9 Å². The van der Waals surface area contributed by atoms with Gasteiger partial charge in [0.05, 0.1) is 12.5 Å². The zero-order chi connectivity index (χ0) is 15.1. The summed E-state index contributed by atoms with van der Waals surface area (Å²) in [7, 11) is 0. The van der Waals surface area contributed by atoms with Crippen LogP contribution in [0.25, 0.3) is 0 Å². The molecule has 3 atom stereocenters. The molecule has 3 rings (SSSR count). The van der Waals surface area contributed by atoms with E-state index in [0.717, 1.165) is 37.2 Å². The van der Waals surface area contributed by atoms with Crippen LogP contribution in [0.3, 0.4) is 0 Å². The van der Waals surface area contributed by atoms with Gasteiger partial charge in [-0.15, -0.1) is 0 Å². The van der Waals surface area contributed by atoms with E-state index in [2.05, 4.69) is 26.8 Å². The summed E-state index contributed by atoms with van der Waals surface area (Å²) in [5.41, 5.74) is 4.99. The summed E-state index contributed by atoms with van der Waals surface area (Å²) in [4.78, 5) is 11.9. The largest absolute Gasteiger partial charge is 0.493 e. The Kier molecular flexibility index (Phi) is 3.68. The highest BCUT2D eigenvalue weighted by Gasteiger charge is 2.46. The van der Waals surface area contributed by atoms with E-state index in [1.54, 1.807) is 0 Å². The summed E-state index contributed by atoms with van der Waals surface area (Å²) in [6.07, 6.45) is 3.01. The third-order valence-electron chi connectivity index (χ3n) is 5.04. The normalized spacial score (nSPS) is 27.0. The molecule has 1 heterocycles. The zero-order valence-electron chi connectivity index (χ0n) is 13.4. The Morgan fingerprint density at radius 1 is 1.38 bits per heavy atom. The van der Waals surface area contributed by atoms with Crippen LogP contribution < -0.4 is 4.74 Å². The van der Waals surface area contributed by atoms with E-state index < -0.39 is 0 Å². The number of carbonyl (C=O) groups is 1. The van der Waals surface area contributed by atoms with Gasteiger partial charge in [-0.2, -0.15) is 0 Å². The first-order chi connectivity index (χ1) is 10.0. The minimum atomic E-state index is -0.0693. The number of hydrogen-bond donors (Lipinski definition) is 0. The van der Waals surface area contributed by atoms with Crippen LogP contribution in [0.2, 0.25) is 0 Å². The fourth-order valence-corrected chi connectivity index (χ4v) is 3.78. The van der Waals surface area contributed by atoms with E-state index in [-0.39, 0.29) is 18.0 Å². The van der Waals surface area contributed by atoms with Crippen LogP contribution >= 0.6 is 0 Å². The Morgan fingerprint density at radius 3 is 2.86 bits per heavy atom. The van der Waals surface area contributed by atoms with E-state index >= 15 is 0 Å². The molecule has 1 aliphatic carbocycles. The first kappa shape index (κ1) is 14.4. The van der Waals surface area contributed by atoms with Crippen LogP contribution in [0.15, 0.2) is 6.07 Å². The Balaban J connectivity index is 2.06. The number of carbonyl (C=O) groups excluding carboxylic acids is 1. The zero-order valence-corrected chi connectivity index (χ0v) is 13.4. The van der Waals surface area contributed by atoms with Crippen molar-refractivity contribution < 1.29 is 14.3 Å². The molecule has 0 amide bonds. The number of hydrogen-bond acceptors (Lipinski definition) is 3. The summed E-state index contributed by atoms with van der Waals surface area (Å²) in [6, 6.07) is 2.14. The molecule has 0 spiro atoms. The minimum Gasteiger partial charge on any atom is -0.493 e. The molecule has 1 aromatic carbocycles. The number of ether oxygens (including phenoxy) is 2. The topological polar surface area (TPSA) is 35.5 Å². The molecule has 1 aromatic rings. The molecule has 0 aromatic heterocycles. The molecule has 0 radical (unpaired) electrons. The van der Waals surface area contributed by atoms with Gasteiger partial charge >= 0.3 is 5.97 Å². The van der Waals surface area contributed by atoms with Gasteiger partial charge in [0.15, 0.2) is 0 Å². The van der Waals surface area contributed by atoms with E-state index in [1.165, 1.54) is 16.7 Å². The van der Waals surface area contributed by atoms with Crippen molar-refractivity contribution >= 4 is 5.97 Å². The Bertz CT molecular complexity index is 576. The molecule has 0 saturated carbocycles. The van der Waals surface area contributed by atoms with Crippen molar-refractivity contribution in [1.82, 2.24) is 0 Å². The smallest absolute Gasteiger partial charge is 0.309 e. The maximum absolute atomic E-state index is 11.9. The number of esters is 1. The number of benzene rings is 1. The van der Waals surface area contributed by atoms with Crippen molar-refractivity contribution in [3.05, 3.63) is 28.3 Å². The average Bonchev–Trinajstić information content (AvgIpc) is 2.76. The second-order valence-electron chi connectivity index (χ2n) is 6.41. The number of fused-ring (bicyclic) bond motifs is 3. The SMILES string of the molecule is CCCOc1cc(C)c2c(c1C)[C@@H]1OC(=O)C(C)[C@@H]1CC2. The summed E-state index contributed by atoms with van der Waals surface area (Å²) in [5, 5.41) is 0. The summed E-state index contributed by atoms with van der Waals surface area (Å²) < 4.78 is 11.6. The third kappa shape index (κ3) is 2.23.